The number of rotatable bonds is 3. The van der Waals surface area contributed by atoms with Crippen molar-refractivity contribution in [3.05, 3.63) is 71.4 Å². The Bertz CT molecular complexity index is 903. The Hall–Kier alpha value is -2.39. The summed E-state index contributed by atoms with van der Waals surface area (Å²) in [6.45, 7) is 1.01. The van der Waals surface area contributed by atoms with Gasteiger partial charge in [-0.2, -0.15) is 0 Å². The normalized spacial score (nSPS) is 20.0. The van der Waals surface area contributed by atoms with Crippen molar-refractivity contribution in [2.24, 2.45) is 5.92 Å². The maximum Gasteiger partial charge on any atom is 0.119 e. The van der Waals surface area contributed by atoms with Gasteiger partial charge in [-0.1, -0.05) is 36.4 Å². The van der Waals surface area contributed by atoms with Gasteiger partial charge in [-0.15, -0.1) is 0 Å². The molecule has 0 amide bonds. The van der Waals surface area contributed by atoms with E-state index in [2.05, 4.69) is 49.3 Å². The number of benzene rings is 2. The Labute approximate surface area is 148 Å². The highest BCUT2D eigenvalue weighted by molar-refractivity contribution is 5.79. The Balaban J connectivity index is 1.79. The molecule has 0 spiro atoms. The van der Waals surface area contributed by atoms with Gasteiger partial charge in [0.2, 0.25) is 0 Å². The lowest BCUT2D eigenvalue weighted by atomic mass is 9.73. The lowest BCUT2D eigenvalue weighted by molar-refractivity contribution is 0.271. The van der Waals surface area contributed by atoms with Crippen molar-refractivity contribution in [3.63, 3.8) is 0 Å². The molecule has 25 heavy (non-hydrogen) atoms. The third kappa shape index (κ3) is 3.12. The molecule has 0 bridgehead atoms. The van der Waals surface area contributed by atoms with Crippen LogP contribution in [0.4, 0.5) is 0 Å². The lowest BCUT2D eigenvalue weighted by Crippen LogP contribution is -2.33. The number of fused-ring (bicyclic) bond motifs is 2. The maximum atomic E-state index is 10.4. The number of para-hydroxylation sites is 2. The maximum absolute atomic E-state index is 10.4. The molecule has 1 aromatic heterocycles. The van der Waals surface area contributed by atoms with E-state index in [-0.39, 0.29) is 0 Å². The Morgan fingerprint density at radius 2 is 1.80 bits per heavy atom. The average Bonchev–Trinajstić information content (AvgIpc) is 2.59. The third-order valence-electron chi connectivity index (χ3n) is 5.29. The Kier molecular flexibility index (Phi) is 4.18. The van der Waals surface area contributed by atoms with E-state index >= 15 is 0 Å². The summed E-state index contributed by atoms with van der Waals surface area (Å²) in [7, 11) is 4.24. The first-order chi connectivity index (χ1) is 12.1. The van der Waals surface area contributed by atoms with Crippen molar-refractivity contribution in [1.29, 1.82) is 0 Å². The van der Waals surface area contributed by atoms with E-state index in [1.165, 1.54) is 16.6 Å². The summed E-state index contributed by atoms with van der Waals surface area (Å²) in [6.07, 6.45) is 1.89. The highest BCUT2D eigenvalue weighted by Crippen LogP contribution is 2.40. The Morgan fingerprint density at radius 3 is 2.60 bits per heavy atom. The summed E-state index contributed by atoms with van der Waals surface area (Å²) < 4.78 is 0. The molecule has 3 aromatic rings. The second kappa shape index (κ2) is 6.49. The van der Waals surface area contributed by atoms with Gasteiger partial charge >= 0.3 is 0 Å². The quantitative estimate of drug-likeness (QED) is 0.787. The van der Waals surface area contributed by atoms with Gasteiger partial charge in [0.25, 0.3) is 0 Å². The minimum atomic E-state index is 0.296. The fourth-order valence-electron chi connectivity index (χ4n) is 4.18. The molecule has 4 rings (SSSR count). The zero-order chi connectivity index (χ0) is 17.4. The molecule has 2 atom stereocenters. The third-order valence-corrected chi connectivity index (χ3v) is 5.29. The van der Waals surface area contributed by atoms with Crippen molar-refractivity contribution in [2.75, 3.05) is 20.6 Å². The van der Waals surface area contributed by atoms with Crippen molar-refractivity contribution >= 4 is 10.9 Å². The minimum absolute atomic E-state index is 0.296. The number of aromatic hydroxyl groups is 1. The smallest absolute Gasteiger partial charge is 0.119 e. The molecule has 1 aliphatic carbocycles. The van der Waals surface area contributed by atoms with Crippen LogP contribution < -0.4 is 0 Å². The molecule has 0 radical (unpaired) electrons. The molecule has 2 aromatic carbocycles. The summed E-state index contributed by atoms with van der Waals surface area (Å²) >= 11 is 0. The molecule has 1 N–H and O–H groups in total. The standard InChI is InChI=1S/C22H24N2O/c1-24(2)14-17-12-16-11-15-7-3-5-9-20(15)23-21(16)13-19(17)18-8-4-6-10-22(18)25/h3-11,17,19,25H,12-14H2,1-2H3. The summed E-state index contributed by atoms with van der Waals surface area (Å²) in [5.41, 5.74) is 4.65. The monoisotopic (exact) mass is 332 g/mol. The SMILES string of the molecule is CN(C)CC1Cc2cc3ccccc3nc2CC1c1ccccc1O. The van der Waals surface area contributed by atoms with Crippen LogP contribution in [-0.2, 0) is 12.8 Å². The molecule has 3 nitrogen and oxygen atoms in total. The van der Waals surface area contributed by atoms with Crippen molar-refractivity contribution in [2.45, 2.75) is 18.8 Å². The van der Waals surface area contributed by atoms with Crippen LogP contribution in [0.25, 0.3) is 10.9 Å². The molecular weight excluding hydrogens is 308 g/mol. The lowest BCUT2D eigenvalue weighted by Gasteiger charge is -2.35. The fraction of sp³-hybridized carbons (Fsp3) is 0.318. The van der Waals surface area contributed by atoms with E-state index < -0.39 is 0 Å². The van der Waals surface area contributed by atoms with E-state index in [0.29, 0.717) is 17.6 Å². The molecule has 0 fully saturated rings. The topological polar surface area (TPSA) is 36.4 Å². The predicted octanol–water partition coefficient (Wildman–Crippen LogP) is 4.00. The van der Waals surface area contributed by atoms with Gasteiger partial charge in [-0.25, -0.2) is 0 Å². The zero-order valence-electron chi connectivity index (χ0n) is 14.8. The van der Waals surface area contributed by atoms with Crippen molar-refractivity contribution in [3.8, 4) is 5.75 Å². The van der Waals surface area contributed by atoms with Gasteiger partial charge in [-0.3, -0.25) is 4.98 Å². The Morgan fingerprint density at radius 1 is 1.04 bits per heavy atom. The molecule has 0 saturated heterocycles. The number of phenolic OH excluding ortho intramolecular Hbond substituents is 1. The minimum Gasteiger partial charge on any atom is -0.508 e. The first kappa shape index (κ1) is 16.1. The molecule has 0 saturated carbocycles. The van der Waals surface area contributed by atoms with E-state index in [0.717, 1.165) is 30.5 Å². The summed E-state index contributed by atoms with van der Waals surface area (Å²) in [5.74, 6) is 1.17. The molecule has 3 heteroatoms. The molecule has 128 valence electrons. The van der Waals surface area contributed by atoms with Gasteiger partial charge in [0.15, 0.2) is 0 Å². The van der Waals surface area contributed by atoms with Gasteiger partial charge < -0.3 is 10.0 Å². The van der Waals surface area contributed by atoms with Gasteiger partial charge in [0, 0.05) is 17.6 Å². The van der Waals surface area contributed by atoms with Gasteiger partial charge in [0.05, 0.1) is 5.52 Å². The number of aromatic nitrogens is 1. The van der Waals surface area contributed by atoms with Crippen LogP contribution >= 0.6 is 0 Å². The predicted molar refractivity (Wildman–Crippen MR) is 102 cm³/mol. The van der Waals surface area contributed by atoms with Crippen LogP contribution in [-0.4, -0.2) is 35.6 Å². The number of hydrogen-bond acceptors (Lipinski definition) is 3. The van der Waals surface area contributed by atoms with Crippen LogP contribution in [0, 0.1) is 5.92 Å². The fourth-order valence-corrected chi connectivity index (χ4v) is 4.18. The van der Waals surface area contributed by atoms with Crippen LogP contribution in [0.3, 0.4) is 0 Å². The first-order valence-electron chi connectivity index (χ1n) is 8.92. The molecule has 1 heterocycles. The number of pyridine rings is 1. The van der Waals surface area contributed by atoms with Gasteiger partial charge in [-0.05, 0) is 68.1 Å². The highest BCUT2D eigenvalue weighted by Gasteiger charge is 2.32. The second-order valence-electron chi connectivity index (χ2n) is 7.38. The number of hydrogen-bond donors (Lipinski definition) is 1. The summed E-state index contributed by atoms with van der Waals surface area (Å²) in [6, 6.07) is 18.4. The van der Waals surface area contributed by atoms with E-state index in [1.807, 2.05) is 18.2 Å². The molecular formula is C22H24N2O. The average molecular weight is 332 g/mol. The molecule has 0 aliphatic heterocycles. The second-order valence-corrected chi connectivity index (χ2v) is 7.38. The van der Waals surface area contributed by atoms with E-state index in [4.69, 9.17) is 4.98 Å². The first-order valence-corrected chi connectivity index (χ1v) is 8.92. The largest absolute Gasteiger partial charge is 0.508 e. The molecule has 1 aliphatic rings. The van der Waals surface area contributed by atoms with Crippen molar-refractivity contribution in [1.82, 2.24) is 9.88 Å². The van der Waals surface area contributed by atoms with Crippen molar-refractivity contribution < 1.29 is 5.11 Å². The van der Waals surface area contributed by atoms with E-state index in [1.54, 1.807) is 6.07 Å². The summed E-state index contributed by atoms with van der Waals surface area (Å²) in [4.78, 5) is 7.19. The van der Waals surface area contributed by atoms with E-state index in [9.17, 15) is 5.11 Å². The van der Waals surface area contributed by atoms with Crippen LogP contribution in [0.1, 0.15) is 22.7 Å². The highest BCUT2D eigenvalue weighted by atomic mass is 16.3. The number of nitrogens with zero attached hydrogens (tertiary/aromatic N) is 2. The zero-order valence-corrected chi connectivity index (χ0v) is 14.8. The number of phenols is 1. The van der Waals surface area contributed by atoms with Crippen LogP contribution in [0.2, 0.25) is 0 Å². The van der Waals surface area contributed by atoms with Crippen LogP contribution in [0.5, 0.6) is 5.75 Å². The molecule has 2 unspecified atom stereocenters. The summed E-state index contributed by atoms with van der Waals surface area (Å²) in [5, 5.41) is 11.6. The van der Waals surface area contributed by atoms with Gasteiger partial charge in [0.1, 0.15) is 5.75 Å². The van der Waals surface area contributed by atoms with Crippen LogP contribution in [0.15, 0.2) is 54.6 Å².